The second kappa shape index (κ2) is 8.56. The first-order chi connectivity index (χ1) is 7.24. The standard InChI is InChI=1S/C11H15BrN2O.ClH/c12-10-4-2-1-3-9(10)5-6-11(15)14-8-7-13;/h1-4H,5-8,13H2,(H,14,15);1H. The van der Waals surface area contributed by atoms with Crippen LogP contribution in [0, 0.1) is 0 Å². The predicted molar refractivity (Wildman–Crippen MR) is 71.8 cm³/mol. The fourth-order valence-electron chi connectivity index (χ4n) is 1.25. The molecule has 0 bridgehead atoms. The van der Waals surface area contributed by atoms with Crippen LogP contribution in [0.5, 0.6) is 0 Å². The predicted octanol–water partition coefficient (Wildman–Crippen LogP) is 1.88. The largest absolute Gasteiger partial charge is 0.355 e. The van der Waals surface area contributed by atoms with E-state index in [1.165, 1.54) is 0 Å². The Labute approximate surface area is 110 Å². The maximum absolute atomic E-state index is 11.3. The van der Waals surface area contributed by atoms with Crippen molar-refractivity contribution < 1.29 is 4.79 Å². The van der Waals surface area contributed by atoms with E-state index in [-0.39, 0.29) is 18.3 Å². The van der Waals surface area contributed by atoms with Crippen molar-refractivity contribution >= 4 is 34.2 Å². The van der Waals surface area contributed by atoms with Gasteiger partial charge in [-0.2, -0.15) is 0 Å². The molecule has 1 rings (SSSR count). The van der Waals surface area contributed by atoms with Gasteiger partial charge in [-0.1, -0.05) is 34.1 Å². The lowest BCUT2D eigenvalue weighted by Crippen LogP contribution is -2.29. The molecule has 0 saturated heterocycles. The number of halogens is 2. The number of amides is 1. The van der Waals surface area contributed by atoms with Gasteiger partial charge in [0, 0.05) is 24.0 Å². The minimum Gasteiger partial charge on any atom is -0.355 e. The quantitative estimate of drug-likeness (QED) is 0.872. The molecule has 0 unspecified atom stereocenters. The van der Waals surface area contributed by atoms with Gasteiger partial charge in [-0.15, -0.1) is 12.4 Å². The van der Waals surface area contributed by atoms with Crippen LogP contribution in [0.1, 0.15) is 12.0 Å². The first-order valence-electron chi connectivity index (χ1n) is 4.94. The number of rotatable bonds is 5. The molecule has 0 aromatic heterocycles. The summed E-state index contributed by atoms with van der Waals surface area (Å²) in [6.07, 6.45) is 1.25. The summed E-state index contributed by atoms with van der Waals surface area (Å²) < 4.78 is 1.05. The molecule has 3 nitrogen and oxygen atoms in total. The van der Waals surface area contributed by atoms with E-state index in [1.54, 1.807) is 0 Å². The SMILES string of the molecule is Cl.NCCNC(=O)CCc1ccccc1Br. The molecule has 0 radical (unpaired) electrons. The van der Waals surface area contributed by atoms with E-state index in [4.69, 9.17) is 5.73 Å². The highest BCUT2D eigenvalue weighted by atomic mass is 79.9. The number of nitrogens with one attached hydrogen (secondary N) is 1. The molecular weight excluding hydrogens is 291 g/mol. The normalized spacial score (nSPS) is 9.38. The van der Waals surface area contributed by atoms with Crippen molar-refractivity contribution in [1.82, 2.24) is 5.32 Å². The molecule has 0 aliphatic heterocycles. The van der Waals surface area contributed by atoms with Crippen molar-refractivity contribution in [2.45, 2.75) is 12.8 Å². The van der Waals surface area contributed by atoms with E-state index in [0.717, 1.165) is 16.5 Å². The third-order valence-corrected chi connectivity index (χ3v) is 2.82. The van der Waals surface area contributed by atoms with Crippen molar-refractivity contribution in [3.8, 4) is 0 Å². The topological polar surface area (TPSA) is 55.1 Å². The summed E-state index contributed by atoms with van der Waals surface area (Å²) in [7, 11) is 0. The maximum Gasteiger partial charge on any atom is 0.220 e. The summed E-state index contributed by atoms with van der Waals surface area (Å²) in [6.45, 7) is 1.04. The minimum absolute atomic E-state index is 0. The summed E-state index contributed by atoms with van der Waals surface area (Å²) in [4.78, 5) is 11.3. The Bertz CT molecular complexity index is 334. The zero-order valence-corrected chi connectivity index (χ0v) is 11.3. The van der Waals surface area contributed by atoms with E-state index in [9.17, 15) is 4.79 Å². The van der Waals surface area contributed by atoms with Crippen molar-refractivity contribution in [1.29, 1.82) is 0 Å². The van der Waals surface area contributed by atoms with Crippen molar-refractivity contribution in [3.05, 3.63) is 34.3 Å². The zero-order chi connectivity index (χ0) is 11.1. The van der Waals surface area contributed by atoms with Gasteiger partial charge in [0.05, 0.1) is 0 Å². The highest BCUT2D eigenvalue weighted by Crippen LogP contribution is 2.17. The molecule has 0 fully saturated rings. The first-order valence-corrected chi connectivity index (χ1v) is 5.73. The fourth-order valence-corrected chi connectivity index (χ4v) is 1.73. The number of hydrogen-bond donors (Lipinski definition) is 2. The second-order valence-corrected chi connectivity index (χ2v) is 4.08. The molecule has 0 atom stereocenters. The Balaban J connectivity index is 0.00000225. The number of nitrogens with two attached hydrogens (primary N) is 1. The van der Waals surface area contributed by atoms with Crippen molar-refractivity contribution in [3.63, 3.8) is 0 Å². The van der Waals surface area contributed by atoms with Crippen LogP contribution in [0.4, 0.5) is 0 Å². The van der Waals surface area contributed by atoms with E-state index < -0.39 is 0 Å². The van der Waals surface area contributed by atoms with Crippen LogP contribution >= 0.6 is 28.3 Å². The lowest BCUT2D eigenvalue weighted by atomic mass is 10.1. The molecule has 1 aromatic rings. The second-order valence-electron chi connectivity index (χ2n) is 3.23. The summed E-state index contributed by atoms with van der Waals surface area (Å²) in [5.41, 5.74) is 6.44. The third-order valence-electron chi connectivity index (χ3n) is 2.05. The first kappa shape index (κ1) is 15.4. The summed E-state index contributed by atoms with van der Waals surface area (Å²) in [5, 5.41) is 2.74. The number of carbonyl (C=O) groups is 1. The Kier molecular flexibility index (Phi) is 8.25. The Morgan fingerprint density at radius 3 is 2.69 bits per heavy atom. The van der Waals surface area contributed by atoms with Crippen molar-refractivity contribution in [2.24, 2.45) is 5.73 Å². The average Bonchev–Trinajstić information content (AvgIpc) is 2.25. The van der Waals surface area contributed by atoms with Crippen LogP contribution in [-0.2, 0) is 11.2 Å². The molecule has 0 spiro atoms. The lowest BCUT2D eigenvalue weighted by molar-refractivity contribution is -0.120. The van der Waals surface area contributed by atoms with Crippen LogP contribution < -0.4 is 11.1 Å². The molecule has 5 heteroatoms. The Morgan fingerprint density at radius 1 is 1.38 bits per heavy atom. The van der Waals surface area contributed by atoms with Crippen LogP contribution in [0.25, 0.3) is 0 Å². The summed E-state index contributed by atoms with van der Waals surface area (Å²) in [5.74, 6) is 0.0520. The van der Waals surface area contributed by atoms with Gasteiger partial charge in [0.15, 0.2) is 0 Å². The lowest BCUT2D eigenvalue weighted by Gasteiger charge is -2.05. The van der Waals surface area contributed by atoms with Gasteiger partial charge in [-0.05, 0) is 18.1 Å². The molecule has 0 saturated carbocycles. The van der Waals surface area contributed by atoms with Gasteiger partial charge < -0.3 is 11.1 Å². The molecule has 1 aromatic carbocycles. The van der Waals surface area contributed by atoms with Gasteiger partial charge in [-0.3, -0.25) is 4.79 Å². The number of carbonyl (C=O) groups excluding carboxylic acids is 1. The molecule has 0 heterocycles. The highest BCUT2D eigenvalue weighted by molar-refractivity contribution is 9.10. The zero-order valence-electron chi connectivity index (χ0n) is 8.91. The van der Waals surface area contributed by atoms with Gasteiger partial charge in [0.25, 0.3) is 0 Å². The molecular formula is C11H16BrClN2O. The maximum atomic E-state index is 11.3. The van der Waals surface area contributed by atoms with E-state index >= 15 is 0 Å². The monoisotopic (exact) mass is 306 g/mol. The van der Waals surface area contributed by atoms with E-state index in [0.29, 0.717) is 19.5 Å². The molecule has 3 N–H and O–H groups in total. The minimum atomic E-state index is 0. The molecule has 0 aliphatic rings. The Hall–Kier alpha value is -0.580. The van der Waals surface area contributed by atoms with Crippen molar-refractivity contribution in [2.75, 3.05) is 13.1 Å². The fraction of sp³-hybridized carbons (Fsp3) is 0.364. The number of benzene rings is 1. The van der Waals surface area contributed by atoms with E-state index in [1.807, 2.05) is 24.3 Å². The Morgan fingerprint density at radius 2 is 2.06 bits per heavy atom. The molecule has 1 amide bonds. The highest BCUT2D eigenvalue weighted by Gasteiger charge is 2.03. The van der Waals surface area contributed by atoms with Crippen LogP contribution in [0.15, 0.2) is 28.7 Å². The average molecular weight is 308 g/mol. The summed E-state index contributed by atoms with van der Waals surface area (Å²) >= 11 is 3.45. The number of aryl methyl sites for hydroxylation is 1. The smallest absolute Gasteiger partial charge is 0.220 e. The van der Waals surface area contributed by atoms with Crippen LogP contribution in [0.3, 0.4) is 0 Å². The number of hydrogen-bond acceptors (Lipinski definition) is 2. The molecule has 0 aliphatic carbocycles. The van der Waals surface area contributed by atoms with Crippen LogP contribution in [0.2, 0.25) is 0 Å². The molecule has 90 valence electrons. The summed E-state index contributed by atoms with van der Waals surface area (Å²) in [6, 6.07) is 7.92. The van der Waals surface area contributed by atoms with Gasteiger partial charge >= 0.3 is 0 Å². The van der Waals surface area contributed by atoms with Gasteiger partial charge in [-0.25, -0.2) is 0 Å². The third kappa shape index (κ3) is 5.49. The van der Waals surface area contributed by atoms with Crippen LogP contribution in [-0.4, -0.2) is 19.0 Å². The van der Waals surface area contributed by atoms with Gasteiger partial charge in [0.1, 0.15) is 0 Å². The molecule has 16 heavy (non-hydrogen) atoms. The van der Waals surface area contributed by atoms with E-state index in [2.05, 4.69) is 21.2 Å². The van der Waals surface area contributed by atoms with Gasteiger partial charge in [0.2, 0.25) is 5.91 Å².